The van der Waals surface area contributed by atoms with Gasteiger partial charge in [-0.15, -0.1) is 0 Å². The summed E-state index contributed by atoms with van der Waals surface area (Å²) in [6.07, 6.45) is 2.85. The molecule has 0 bridgehead atoms. The van der Waals surface area contributed by atoms with Gasteiger partial charge in [0.2, 0.25) is 21.8 Å². The zero-order valence-electron chi connectivity index (χ0n) is 19.6. The van der Waals surface area contributed by atoms with Crippen LogP contribution in [0.3, 0.4) is 0 Å². The number of hydrogen-bond donors (Lipinski definition) is 1. The maximum absolute atomic E-state index is 13.8. The van der Waals surface area contributed by atoms with Crippen molar-refractivity contribution in [2.75, 3.05) is 23.7 Å². The maximum Gasteiger partial charge on any atom is 0.244 e. The van der Waals surface area contributed by atoms with Crippen LogP contribution in [0.25, 0.3) is 0 Å². The number of unbranched alkanes of at least 4 members (excludes halogenated alkanes) is 1. The van der Waals surface area contributed by atoms with E-state index >= 15 is 0 Å². The molecule has 34 heavy (non-hydrogen) atoms. The molecule has 0 spiro atoms. The molecule has 0 radical (unpaired) electrons. The van der Waals surface area contributed by atoms with E-state index in [1.54, 1.807) is 31.2 Å². The highest BCUT2D eigenvalue weighted by molar-refractivity contribution is 7.92. The van der Waals surface area contributed by atoms with Gasteiger partial charge >= 0.3 is 0 Å². The SMILES string of the molecule is CCCCNC(=O)[C@@H](CC)N(Cc1ccccc1)C(=O)CN(c1ccc(F)c(F)c1)S(C)(=O)=O. The second-order valence-corrected chi connectivity index (χ2v) is 9.85. The first kappa shape index (κ1) is 27.2. The van der Waals surface area contributed by atoms with Crippen LogP contribution in [0.4, 0.5) is 14.5 Å². The number of benzene rings is 2. The number of amides is 2. The molecule has 2 aromatic carbocycles. The fourth-order valence-electron chi connectivity index (χ4n) is 3.46. The van der Waals surface area contributed by atoms with Gasteiger partial charge in [0.15, 0.2) is 11.6 Å². The zero-order valence-corrected chi connectivity index (χ0v) is 20.4. The van der Waals surface area contributed by atoms with E-state index in [1.807, 2.05) is 13.0 Å². The van der Waals surface area contributed by atoms with Crippen molar-refractivity contribution >= 4 is 27.5 Å². The Bertz CT molecular complexity index is 1080. The summed E-state index contributed by atoms with van der Waals surface area (Å²) in [5, 5.41) is 2.83. The number of halogens is 2. The van der Waals surface area contributed by atoms with Crippen molar-refractivity contribution in [1.29, 1.82) is 0 Å². The molecule has 0 aliphatic rings. The number of carbonyl (C=O) groups excluding carboxylic acids is 2. The zero-order chi connectivity index (χ0) is 25.3. The number of sulfonamides is 1. The van der Waals surface area contributed by atoms with Crippen molar-refractivity contribution in [3.63, 3.8) is 0 Å². The summed E-state index contributed by atoms with van der Waals surface area (Å²) in [4.78, 5) is 27.7. The summed E-state index contributed by atoms with van der Waals surface area (Å²) in [7, 11) is -4.02. The van der Waals surface area contributed by atoms with Gasteiger partial charge in [-0.05, 0) is 30.5 Å². The van der Waals surface area contributed by atoms with Crippen LogP contribution in [0, 0.1) is 11.6 Å². The summed E-state index contributed by atoms with van der Waals surface area (Å²) >= 11 is 0. The number of carbonyl (C=O) groups is 2. The van der Waals surface area contributed by atoms with Gasteiger partial charge in [0.1, 0.15) is 12.6 Å². The lowest BCUT2D eigenvalue weighted by Crippen LogP contribution is -2.52. The molecular formula is C24H31F2N3O4S. The molecule has 0 heterocycles. The molecule has 0 aliphatic heterocycles. The molecule has 0 unspecified atom stereocenters. The molecule has 2 aromatic rings. The molecule has 1 atom stereocenters. The molecule has 2 amide bonds. The average Bonchev–Trinajstić information content (AvgIpc) is 2.79. The van der Waals surface area contributed by atoms with Crippen LogP contribution in [0.2, 0.25) is 0 Å². The predicted molar refractivity (Wildman–Crippen MR) is 128 cm³/mol. The average molecular weight is 496 g/mol. The third kappa shape index (κ3) is 7.51. The summed E-state index contributed by atoms with van der Waals surface area (Å²) in [5.74, 6) is -3.35. The van der Waals surface area contributed by atoms with E-state index in [0.29, 0.717) is 17.3 Å². The number of rotatable bonds is 12. The molecule has 0 aromatic heterocycles. The lowest BCUT2D eigenvalue weighted by molar-refractivity contribution is -0.140. The summed E-state index contributed by atoms with van der Waals surface area (Å²) in [6.45, 7) is 3.62. The van der Waals surface area contributed by atoms with E-state index in [9.17, 15) is 26.8 Å². The van der Waals surface area contributed by atoms with Crippen molar-refractivity contribution in [3.05, 3.63) is 65.7 Å². The summed E-state index contributed by atoms with van der Waals surface area (Å²) < 4.78 is 52.8. The van der Waals surface area contributed by atoms with Gasteiger partial charge in [-0.2, -0.15) is 0 Å². The highest BCUT2D eigenvalue weighted by atomic mass is 32.2. The lowest BCUT2D eigenvalue weighted by atomic mass is 10.1. The van der Waals surface area contributed by atoms with Crippen molar-refractivity contribution in [2.24, 2.45) is 0 Å². The number of hydrogen-bond acceptors (Lipinski definition) is 4. The van der Waals surface area contributed by atoms with Crippen LogP contribution >= 0.6 is 0 Å². The predicted octanol–water partition coefficient (Wildman–Crippen LogP) is 3.45. The summed E-state index contributed by atoms with van der Waals surface area (Å²) in [6, 6.07) is 10.8. The van der Waals surface area contributed by atoms with E-state index in [-0.39, 0.29) is 18.1 Å². The molecule has 7 nitrogen and oxygen atoms in total. The largest absolute Gasteiger partial charge is 0.354 e. The fraction of sp³-hybridized carbons (Fsp3) is 0.417. The fourth-order valence-corrected chi connectivity index (χ4v) is 4.30. The Morgan fingerprint density at radius 2 is 1.71 bits per heavy atom. The van der Waals surface area contributed by atoms with Crippen molar-refractivity contribution in [3.8, 4) is 0 Å². The Hall–Kier alpha value is -3.01. The Balaban J connectivity index is 2.39. The third-order valence-electron chi connectivity index (χ3n) is 5.28. The Labute approximate surface area is 199 Å². The quantitative estimate of drug-likeness (QED) is 0.457. The van der Waals surface area contributed by atoms with Gasteiger partial charge in [0, 0.05) is 19.2 Å². The molecule has 0 saturated heterocycles. The minimum absolute atomic E-state index is 0.0781. The highest BCUT2D eigenvalue weighted by Gasteiger charge is 2.31. The maximum atomic E-state index is 13.8. The van der Waals surface area contributed by atoms with E-state index in [1.165, 1.54) is 4.90 Å². The molecule has 0 saturated carbocycles. The topological polar surface area (TPSA) is 86.8 Å². The van der Waals surface area contributed by atoms with Crippen LogP contribution in [0.15, 0.2) is 48.5 Å². The second-order valence-electron chi connectivity index (χ2n) is 7.94. The van der Waals surface area contributed by atoms with Gasteiger partial charge in [-0.25, -0.2) is 17.2 Å². The molecular weight excluding hydrogens is 464 g/mol. The molecule has 2 rings (SSSR count). The molecule has 0 fully saturated rings. The highest BCUT2D eigenvalue weighted by Crippen LogP contribution is 2.22. The normalized spacial score (nSPS) is 12.1. The first-order valence-electron chi connectivity index (χ1n) is 11.1. The van der Waals surface area contributed by atoms with Crippen molar-refractivity contribution in [2.45, 2.75) is 45.7 Å². The van der Waals surface area contributed by atoms with Crippen molar-refractivity contribution in [1.82, 2.24) is 10.2 Å². The van der Waals surface area contributed by atoms with Gasteiger partial charge in [0.05, 0.1) is 11.9 Å². The third-order valence-corrected chi connectivity index (χ3v) is 6.42. The minimum Gasteiger partial charge on any atom is -0.354 e. The second kappa shape index (κ2) is 12.5. The molecule has 186 valence electrons. The number of anilines is 1. The van der Waals surface area contributed by atoms with E-state index in [2.05, 4.69) is 5.32 Å². The lowest BCUT2D eigenvalue weighted by Gasteiger charge is -2.33. The van der Waals surface area contributed by atoms with Gasteiger partial charge in [-0.3, -0.25) is 13.9 Å². The van der Waals surface area contributed by atoms with Crippen LogP contribution < -0.4 is 9.62 Å². The van der Waals surface area contributed by atoms with Crippen LogP contribution in [0.5, 0.6) is 0 Å². The standard InChI is InChI=1S/C24H31F2N3O4S/c1-4-6-14-27-24(31)22(5-2)28(16-18-10-8-7-9-11-18)23(30)17-29(34(3,32)33)19-12-13-20(25)21(26)15-19/h7-13,15,22H,4-6,14,16-17H2,1-3H3,(H,27,31)/t22-/m1/s1. The van der Waals surface area contributed by atoms with Gasteiger partial charge in [0.25, 0.3) is 0 Å². The van der Waals surface area contributed by atoms with Crippen molar-refractivity contribution < 1.29 is 26.8 Å². The van der Waals surface area contributed by atoms with E-state index in [4.69, 9.17) is 0 Å². The van der Waals surface area contributed by atoms with Gasteiger partial charge < -0.3 is 10.2 Å². The Kier molecular flexibility index (Phi) is 9.97. The number of nitrogens with zero attached hydrogens (tertiary/aromatic N) is 2. The Morgan fingerprint density at radius 3 is 2.26 bits per heavy atom. The number of nitrogens with one attached hydrogen (secondary N) is 1. The van der Waals surface area contributed by atoms with E-state index in [0.717, 1.165) is 42.9 Å². The Morgan fingerprint density at radius 1 is 1.03 bits per heavy atom. The van der Waals surface area contributed by atoms with Crippen LogP contribution in [-0.4, -0.2) is 50.5 Å². The molecule has 10 heteroatoms. The smallest absolute Gasteiger partial charge is 0.244 e. The van der Waals surface area contributed by atoms with Crippen LogP contribution in [-0.2, 0) is 26.2 Å². The first-order valence-corrected chi connectivity index (χ1v) is 13.0. The van der Waals surface area contributed by atoms with Gasteiger partial charge in [-0.1, -0.05) is 50.6 Å². The molecule has 1 N–H and O–H groups in total. The van der Waals surface area contributed by atoms with Crippen LogP contribution in [0.1, 0.15) is 38.7 Å². The summed E-state index contributed by atoms with van der Waals surface area (Å²) in [5.41, 5.74) is 0.573. The monoisotopic (exact) mass is 495 g/mol. The first-order chi connectivity index (χ1) is 16.1. The molecule has 0 aliphatic carbocycles. The van der Waals surface area contributed by atoms with E-state index < -0.39 is 40.2 Å². The minimum atomic E-state index is -4.02.